The van der Waals surface area contributed by atoms with E-state index in [0.29, 0.717) is 13.1 Å². The molecule has 5 nitrogen and oxygen atoms in total. The van der Waals surface area contributed by atoms with Crippen molar-refractivity contribution >= 4 is 11.9 Å². The molecule has 1 aliphatic rings. The minimum Gasteiger partial charge on any atom is -0.479 e. The Morgan fingerprint density at radius 2 is 2.05 bits per heavy atom. The summed E-state index contributed by atoms with van der Waals surface area (Å²) >= 11 is 0. The SMILES string of the molecule is C[C@@H](OCC(=O)N1CCc2ccccc2C1)C(=O)O. The van der Waals surface area contributed by atoms with Crippen LogP contribution in [0.1, 0.15) is 18.1 Å². The predicted octanol–water partition coefficient (Wildman–Crippen LogP) is 1.06. The molecule has 1 heterocycles. The highest BCUT2D eigenvalue weighted by Crippen LogP contribution is 2.18. The summed E-state index contributed by atoms with van der Waals surface area (Å²) in [4.78, 5) is 24.3. The highest BCUT2D eigenvalue weighted by molar-refractivity contribution is 5.78. The lowest BCUT2D eigenvalue weighted by Crippen LogP contribution is -2.39. The molecule has 0 radical (unpaired) electrons. The van der Waals surface area contributed by atoms with Crippen LogP contribution in [0.5, 0.6) is 0 Å². The van der Waals surface area contributed by atoms with E-state index in [1.165, 1.54) is 12.5 Å². The van der Waals surface area contributed by atoms with Crippen molar-refractivity contribution < 1.29 is 19.4 Å². The third kappa shape index (κ3) is 3.32. The van der Waals surface area contributed by atoms with Gasteiger partial charge < -0.3 is 14.7 Å². The fourth-order valence-electron chi connectivity index (χ4n) is 2.07. The van der Waals surface area contributed by atoms with Crippen molar-refractivity contribution in [3.8, 4) is 0 Å². The molecule has 2 rings (SSSR count). The summed E-state index contributed by atoms with van der Waals surface area (Å²) in [5, 5.41) is 8.69. The third-order valence-corrected chi connectivity index (χ3v) is 3.29. The van der Waals surface area contributed by atoms with Gasteiger partial charge in [-0.1, -0.05) is 24.3 Å². The quantitative estimate of drug-likeness (QED) is 0.882. The van der Waals surface area contributed by atoms with E-state index >= 15 is 0 Å². The van der Waals surface area contributed by atoms with Crippen LogP contribution in [-0.2, 0) is 27.3 Å². The molecule has 19 heavy (non-hydrogen) atoms. The van der Waals surface area contributed by atoms with Crippen LogP contribution in [0.25, 0.3) is 0 Å². The number of carboxylic acids is 1. The second kappa shape index (κ2) is 5.84. The van der Waals surface area contributed by atoms with Crippen LogP contribution in [0.4, 0.5) is 0 Å². The number of fused-ring (bicyclic) bond motifs is 1. The molecular formula is C14H17NO4. The number of hydrogen-bond acceptors (Lipinski definition) is 3. The number of carbonyl (C=O) groups excluding carboxylic acids is 1. The summed E-state index contributed by atoms with van der Waals surface area (Å²) in [7, 11) is 0. The van der Waals surface area contributed by atoms with Crippen molar-refractivity contribution in [1.29, 1.82) is 0 Å². The van der Waals surface area contributed by atoms with E-state index in [9.17, 15) is 9.59 Å². The molecule has 0 unspecified atom stereocenters. The van der Waals surface area contributed by atoms with Crippen molar-refractivity contribution in [2.45, 2.75) is 26.0 Å². The van der Waals surface area contributed by atoms with Gasteiger partial charge >= 0.3 is 5.97 Å². The van der Waals surface area contributed by atoms with Gasteiger partial charge in [0.05, 0.1) is 0 Å². The van der Waals surface area contributed by atoms with E-state index in [-0.39, 0.29) is 12.5 Å². The van der Waals surface area contributed by atoms with E-state index in [0.717, 1.165) is 12.0 Å². The molecule has 1 N–H and O–H groups in total. The number of amides is 1. The molecule has 0 bridgehead atoms. The normalized spacial score (nSPS) is 15.7. The van der Waals surface area contributed by atoms with Crippen molar-refractivity contribution in [3.05, 3.63) is 35.4 Å². The van der Waals surface area contributed by atoms with E-state index in [4.69, 9.17) is 9.84 Å². The van der Waals surface area contributed by atoms with Crippen molar-refractivity contribution in [2.24, 2.45) is 0 Å². The summed E-state index contributed by atoms with van der Waals surface area (Å²) in [5.74, 6) is -1.22. The Kier molecular flexibility index (Phi) is 4.16. The van der Waals surface area contributed by atoms with Crippen LogP contribution in [0.2, 0.25) is 0 Å². The largest absolute Gasteiger partial charge is 0.479 e. The first-order valence-electron chi connectivity index (χ1n) is 6.27. The molecule has 1 aliphatic heterocycles. The number of benzene rings is 1. The van der Waals surface area contributed by atoms with Gasteiger partial charge in [0.15, 0.2) is 6.10 Å². The smallest absolute Gasteiger partial charge is 0.332 e. The molecule has 5 heteroatoms. The summed E-state index contributed by atoms with van der Waals surface area (Å²) in [5.41, 5.74) is 2.42. The summed E-state index contributed by atoms with van der Waals surface area (Å²) < 4.78 is 5.02. The molecule has 0 saturated heterocycles. The fourth-order valence-corrected chi connectivity index (χ4v) is 2.07. The molecule has 1 aromatic carbocycles. The monoisotopic (exact) mass is 263 g/mol. The Bertz CT molecular complexity index is 486. The Morgan fingerprint density at radius 1 is 1.37 bits per heavy atom. The van der Waals surface area contributed by atoms with Gasteiger partial charge in [-0.3, -0.25) is 4.79 Å². The van der Waals surface area contributed by atoms with Crippen molar-refractivity contribution in [2.75, 3.05) is 13.2 Å². The summed E-state index contributed by atoms with van der Waals surface area (Å²) in [6, 6.07) is 8.03. The topological polar surface area (TPSA) is 66.8 Å². The van der Waals surface area contributed by atoms with Gasteiger partial charge in [-0.25, -0.2) is 4.79 Å². The van der Waals surface area contributed by atoms with Crippen LogP contribution < -0.4 is 0 Å². The maximum Gasteiger partial charge on any atom is 0.332 e. The fraction of sp³-hybridized carbons (Fsp3) is 0.429. The number of hydrogen-bond donors (Lipinski definition) is 1. The molecule has 1 aromatic rings. The minimum absolute atomic E-state index is 0.164. The predicted molar refractivity (Wildman–Crippen MR) is 68.6 cm³/mol. The van der Waals surface area contributed by atoms with Gasteiger partial charge in [0.1, 0.15) is 6.61 Å². The van der Waals surface area contributed by atoms with Crippen LogP contribution in [0, 0.1) is 0 Å². The van der Waals surface area contributed by atoms with Gasteiger partial charge in [0.2, 0.25) is 5.91 Å². The lowest BCUT2D eigenvalue weighted by Gasteiger charge is -2.29. The summed E-state index contributed by atoms with van der Waals surface area (Å²) in [6.07, 6.45) is -0.128. The van der Waals surface area contributed by atoms with E-state index in [1.54, 1.807) is 4.90 Å². The van der Waals surface area contributed by atoms with Crippen LogP contribution in [0.15, 0.2) is 24.3 Å². The lowest BCUT2D eigenvalue weighted by atomic mass is 10.00. The van der Waals surface area contributed by atoms with Gasteiger partial charge in [0, 0.05) is 13.1 Å². The Labute approximate surface area is 111 Å². The van der Waals surface area contributed by atoms with E-state index in [1.807, 2.05) is 18.2 Å². The lowest BCUT2D eigenvalue weighted by molar-refractivity contribution is -0.153. The molecule has 1 atom stereocenters. The molecule has 0 aromatic heterocycles. The molecule has 0 spiro atoms. The van der Waals surface area contributed by atoms with Gasteiger partial charge in [0.25, 0.3) is 0 Å². The van der Waals surface area contributed by atoms with Crippen LogP contribution >= 0.6 is 0 Å². The first-order chi connectivity index (χ1) is 9.08. The average Bonchev–Trinajstić information content (AvgIpc) is 2.43. The first kappa shape index (κ1) is 13.5. The van der Waals surface area contributed by atoms with E-state index in [2.05, 4.69) is 6.07 Å². The standard InChI is InChI=1S/C14H17NO4/c1-10(14(17)18)19-9-13(16)15-7-6-11-4-2-3-5-12(11)8-15/h2-5,10H,6-9H2,1H3,(H,17,18)/t10-/m1/s1. The Morgan fingerprint density at radius 3 is 2.74 bits per heavy atom. The molecule has 102 valence electrons. The van der Waals surface area contributed by atoms with Crippen LogP contribution in [0.3, 0.4) is 0 Å². The number of nitrogens with zero attached hydrogens (tertiary/aromatic N) is 1. The Balaban J connectivity index is 1.90. The van der Waals surface area contributed by atoms with Gasteiger partial charge in [-0.15, -0.1) is 0 Å². The minimum atomic E-state index is -1.06. The third-order valence-electron chi connectivity index (χ3n) is 3.29. The first-order valence-corrected chi connectivity index (χ1v) is 6.27. The number of carbonyl (C=O) groups is 2. The van der Waals surface area contributed by atoms with Gasteiger partial charge in [-0.2, -0.15) is 0 Å². The number of aliphatic carboxylic acids is 1. The van der Waals surface area contributed by atoms with Gasteiger partial charge in [-0.05, 0) is 24.5 Å². The second-order valence-electron chi connectivity index (χ2n) is 4.63. The number of rotatable bonds is 4. The molecular weight excluding hydrogens is 246 g/mol. The average molecular weight is 263 g/mol. The second-order valence-corrected chi connectivity index (χ2v) is 4.63. The Hall–Kier alpha value is -1.88. The zero-order valence-corrected chi connectivity index (χ0v) is 10.8. The molecule has 0 saturated carbocycles. The molecule has 0 aliphatic carbocycles. The van der Waals surface area contributed by atoms with Crippen LogP contribution in [-0.4, -0.2) is 41.1 Å². The zero-order valence-electron chi connectivity index (χ0n) is 10.8. The number of ether oxygens (including phenoxy) is 1. The molecule has 1 amide bonds. The molecule has 0 fully saturated rings. The highest BCUT2D eigenvalue weighted by Gasteiger charge is 2.21. The summed E-state index contributed by atoms with van der Waals surface area (Å²) in [6.45, 7) is 2.46. The number of carboxylic acid groups (broad SMARTS) is 1. The maximum absolute atomic E-state index is 11.9. The van der Waals surface area contributed by atoms with Crippen molar-refractivity contribution in [1.82, 2.24) is 4.90 Å². The highest BCUT2D eigenvalue weighted by atomic mass is 16.5. The maximum atomic E-state index is 11.9. The van der Waals surface area contributed by atoms with E-state index < -0.39 is 12.1 Å². The van der Waals surface area contributed by atoms with Crippen molar-refractivity contribution in [3.63, 3.8) is 0 Å². The zero-order chi connectivity index (χ0) is 13.8.